The first-order valence-corrected chi connectivity index (χ1v) is 9.43. The molecule has 0 heterocycles. The lowest BCUT2D eigenvalue weighted by Gasteiger charge is -2.32. The molecule has 1 aliphatic rings. The molecule has 3 N–H and O–H groups in total. The second-order valence-corrected chi connectivity index (χ2v) is 7.23. The van der Waals surface area contributed by atoms with Gasteiger partial charge in [-0.1, -0.05) is 43.5 Å². The van der Waals surface area contributed by atoms with Crippen molar-refractivity contribution in [3.8, 4) is 5.75 Å². The van der Waals surface area contributed by atoms with Crippen molar-refractivity contribution < 1.29 is 4.74 Å². The van der Waals surface area contributed by atoms with E-state index in [4.69, 9.17) is 10.5 Å². The molecular weight excluding hydrogens is 308 g/mol. The summed E-state index contributed by atoms with van der Waals surface area (Å²) in [5.74, 6) is 1.64. The van der Waals surface area contributed by atoms with Crippen LogP contribution in [-0.2, 0) is 0 Å². The SMILES string of the molecule is COc1ccc(C(N[C@@H](C)C2CCCCC2)c2cccc(N)c2)cc1. The van der Waals surface area contributed by atoms with Gasteiger partial charge in [-0.3, -0.25) is 0 Å². The molecule has 0 radical (unpaired) electrons. The molecule has 3 heteroatoms. The molecule has 1 aliphatic carbocycles. The lowest BCUT2D eigenvalue weighted by molar-refractivity contribution is 0.272. The summed E-state index contributed by atoms with van der Waals surface area (Å²) in [6.45, 7) is 2.33. The minimum absolute atomic E-state index is 0.145. The maximum Gasteiger partial charge on any atom is 0.118 e. The number of hydrogen-bond donors (Lipinski definition) is 2. The smallest absolute Gasteiger partial charge is 0.118 e. The average Bonchev–Trinajstić information content (AvgIpc) is 2.67. The predicted octanol–water partition coefficient (Wildman–Crippen LogP) is 4.93. The number of benzene rings is 2. The van der Waals surface area contributed by atoms with E-state index in [1.807, 2.05) is 24.3 Å². The van der Waals surface area contributed by atoms with Gasteiger partial charge in [0.1, 0.15) is 5.75 Å². The number of nitrogen functional groups attached to an aromatic ring is 1. The van der Waals surface area contributed by atoms with Gasteiger partial charge in [0.05, 0.1) is 13.2 Å². The van der Waals surface area contributed by atoms with E-state index in [1.165, 1.54) is 43.2 Å². The summed E-state index contributed by atoms with van der Waals surface area (Å²) in [6.07, 6.45) is 6.78. The maximum absolute atomic E-state index is 6.05. The third-order valence-corrected chi connectivity index (χ3v) is 5.48. The second kappa shape index (κ2) is 8.39. The van der Waals surface area contributed by atoms with E-state index in [9.17, 15) is 0 Å². The van der Waals surface area contributed by atoms with Crippen LogP contribution in [0.25, 0.3) is 0 Å². The first-order chi connectivity index (χ1) is 12.2. The Balaban J connectivity index is 1.85. The second-order valence-electron chi connectivity index (χ2n) is 7.23. The van der Waals surface area contributed by atoms with Crippen LogP contribution in [0.2, 0.25) is 0 Å². The largest absolute Gasteiger partial charge is 0.497 e. The quantitative estimate of drug-likeness (QED) is 0.735. The molecule has 1 saturated carbocycles. The molecule has 0 aromatic heterocycles. The minimum atomic E-state index is 0.145. The number of hydrogen-bond acceptors (Lipinski definition) is 3. The van der Waals surface area contributed by atoms with Gasteiger partial charge in [0.2, 0.25) is 0 Å². The van der Waals surface area contributed by atoms with Crippen molar-refractivity contribution in [1.82, 2.24) is 5.32 Å². The number of nitrogens with two attached hydrogens (primary N) is 1. The molecular formula is C22H30N2O. The van der Waals surface area contributed by atoms with Crippen molar-refractivity contribution in [3.05, 3.63) is 59.7 Å². The molecule has 3 nitrogen and oxygen atoms in total. The van der Waals surface area contributed by atoms with E-state index in [1.54, 1.807) is 7.11 Å². The topological polar surface area (TPSA) is 47.3 Å². The predicted molar refractivity (Wildman–Crippen MR) is 105 cm³/mol. The van der Waals surface area contributed by atoms with Gasteiger partial charge in [-0.15, -0.1) is 0 Å². The van der Waals surface area contributed by atoms with E-state index in [2.05, 4.69) is 36.5 Å². The monoisotopic (exact) mass is 338 g/mol. The molecule has 0 aliphatic heterocycles. The van der Waals surface area contributed by atoms with Crippen LogP contribution in [0.15, 0.2) is 48.5 Å². The number of methoxy groups -OCH3 is 1. The van der Waals surface area contributed by atoms with E-state index >= 15 is 0 Å². The van der Waals surface area contributed by atoms with Gasteiger partial charge in [-0.25, -0.2) is 0 Å². The van der Waals surface area contributed by atoms with Crippen molar-refractivity contribution in [3.63, 3.8) is 0 Å². The Morgan fingerprint density at radius 1 is 1.00 bits per heavy atom. The summed E-state index contributed by atoms with van der Waals surface area (Å²) < 4.78 is 5.31. The van der Waals surface area contributed by atoms with Crippen molar-refractivity contribution in [1.29, 1.82) is 0 Å². The molecule has 134 valence electrons. The molecule has 0 bridgehead atoms. The lowest BCUT2D eigenvalue weighted by atomic mass is 9.83. The maximum atomic E-state index is 6.05. The third kappa shape index (κ3) is 4.55. The highest BCUT2D eigenvalue weighted by Gasteiger charge is 2.24. The Morgan fingerprint density at radius 3 is 2.36 bits per heavy atom. The third-order valence-electron chi connectivity index (χ3n) is 5.48. The Morgan fingerprint density at radius 2 is 1.72 bits per heavy atom. The van der Waals surface area contributed by atoms with Gasteiger partial charge in [0, 0.05) is 11.7 Å². The van der Waals surface area contributed by atoms with E-state index in [0.29, 0.717) is 6.04 Å². The Labute approximate surface area is 151 Å². The van der Waals surface area contributed by atoms with Crippen LogP contribution in [-0.4, -0.2) is 13.2 Å². The molecule has 25 heavy (non-hydrogen) atoms. The normalized spacial score (nSPS) is 17.8. The van der Waals surface area contributed by atoms with Gasteiger partial charge in [-0.05, 0) is 61.1 Å². The van der Waals surface area contributed by atoms with Gasteiger partial charge >= 0.3 is 0 Å². The van der Waals surface area contributed by atoms with Gasteiger partial charge < -0.3 is 15.8 Å². The standard InChI is InChI=1S/C22H30N2O/c1-16(17-7-4-3-5-8-17)24-22(19-9-6-10-20(23)15-19)18-11-13-21(25-2)14-12-18/h6,9-17,22,24H,3-5,7-8,23H2,1-2H3/t16-,22?/m0/s1. The minimum Gasteiger partial charge on any atom is -0.497 e. The zero-order valence-corrected chi connectivity index (χ0v) is 15.4. The summed E-state index contributed by atoms with van der Waals surface area (Å²) in [5, 5.41) is 3.89. The van der Waals surface area contributed by atoms with Crippen molar-refractivity contribution in [2.45, 2.75) is 51.1 Å². The summed E-state index contributed by atoms with van der Waals surface area (Å²) in [5.41, 5.74) is 9.31. The van der Waals surface area contributed by atoms with Crippen molar-refractivity contribution in [2.75, 3.05) is 12.8 Å². The highest BCUT2D eigenvalue weighted by atomic mass is 16.5. The molecule has 0 saturated heterocycles. The van der Waals surface area contributed by atoms with Crippen LogP contribution < -0.4 is 15.8 Å². The van der Waals surface area contributed by atoms with E-state index in [-0.39, 0.29) is 6.04 Å². The molecule has 1 fully saturated rings. The van der Waals surface area contributed by atoms with Gasteiger partial charge in [-0.2, -0.15) is 0 Å². The highest BCUT2D eigenvalue weighted by molar-refractivity contribution is 5.45. The van der Waals surface area contributed by atoms with E-state index in [0.717, 1.165) is 17.4 Å². The first-order valence-electron chi connectivity index (χ1n) is 9.43. The van der Waals surface area contributed by atoms with Gasteiger partial charge in [0.15, 0.2) is 0 Å². The van der Waals surface area contributed by atoms with Crippen LogP contribution in [0.4, 0.5) is 5.69 Å². The number of rotatable bonds is 6. The molecule has 2 aromatic rings. The van der Waals surface area contributed by atoms with Crippen LogP contribution >= 0.6 is 0 Å². The fourth-order valence-corrected chi connectivity index (χ4v) is 3.95. The molecule has 0 spiro atoms. The zero-order valence-electron chi connectivity index (χ0n) is 15.4. The van der Waals surface area contributed by atoms with Gasteiger partial charge in [0.25, 0.3) is 0 Å². The Hall–Kier alpha value is -2.00. The molecule has 2 aromatic carbocycles. The number of nitrogens with one attached hydrogen (secondary N) is 1. The van der Waals surface area contributed by atoms with E-state index < -0.39 is 0 Å². The van der Waals surface area contributed by atoms with Crippen molar-refractivity contribution >= 4 is 5.69 Å². The summed E-state index contributed by atoms with van der Waals surface area (Å²) in [6, 6.07) is 17.2. The Kier molecular flexibility index (Phi) is 5.98. The summed E-state index contributed by atoms with van der Waals surface area (Å²) in [7, 11) is 1.70. The van der Waals surface area contributed by atoms with Crippen LogP contribution in [0.3, 0.4) is 0 Å². The van der Waals surface area contributed by atoms with Crippen LogP contribution in [0.1, 0.15) is 56.2 Å². The average molecular weight is 338 g/mol. The fourth-order valence-electron chi connectivity index (χ4n) is 3.95. The highest BCUT2D eigenvalue weighted by Crippen LogP contribution is 2.30. The molecule has 0 amide bonds. The molecule has 2 atom stereocenters. The number of anilines is 1. The van der Waals surface area contributed by atoms with Crippen LogP contribution in [0.5, 0.6) is 5.75 Å². The zero-order chi connectivity index (χ0) is 17.6. The first kappa shape index (κ1) is 17.8. The number of ether oxygens (including phenoxy) is 1. The van der Waals surface area contributed by atoms with Crippen molar-refractivity contribution in [2.24, 2.45) is 5.92 Å². The molecule has 1 unspecified atom stereocenters. The fraction of sp³-hybridized carbons (Fsp3) is 0.455. The summed E-state index contributed by atoms with van der Waals surface area (Å²) in [4.78, 5) is 0. The Bertz CT molecular complexity index is 662. The lowest BCUT2D eigenvalue weighted by Crippen LogP contribution is -2.37. The molecule has 3 rings (SSSR count). The summed E-state index contributed by atoms with van der Waals surface area (Å²) >= 11 is 0. The van der Waals surface area contributed by atoms with Crippen LogP contribution in [0, 0.1) is 5.92 Å².